The van der Waals surface area contributed by atoms with Gasteiger partial charge in [0.2, 0.25) is 0 Å². The molecule has 0 saturated heterocycles. The van der Waals surface area contributed by atoms with Crippen LogP contribution in [0.15, 0.2) is 30.3 Å². The molecule has 5 nitrogen and oxygen atoms in total. The van der Waals surface area contributed by atoms with Gasteiger partial charge >= 0.3 is 5.95 Å². The lowest BCUT2D eigenvalue weighted by Gasteiger charge is -2.30. The third-order valence-electron chi connectivity index (χ3n) is 3.51. The summed E-state index contributed by atoms with van der Waals surface area (Å²) in [7, 11) is 3.90. The molecule has 2 rings (SSSR count). The number of hydrogen-bond donors (Lipinski definition) is 0. The third-order valence-corrected chi connectivity index (χ3v) is 4.08. The highest BCUT2D eigenvalue weighted by atomic mass is 32.1. The zero-order chi connectivity index (χ0) is 14.6. The van der Waals surface area contributed by atoms with Gasteiger partial charge in [-0.15, -0.1) is 0 Å². The van der Waals surface area contributed by atoms with E-state index in [2.05, 4.69) is 41.6 Å². The van der Waals surface area contributed by atoms with Crippen LogP contribution in [0, 0.1) is 0 Å². The summed E-state index contributed by atoms with van der Waals surface area (Å²) in [5, 5.41) is 11.9. The third kappa shape index (κ3) is 2.62. The van der Waals surface area contributed by atoms with Crippen molar-refractivity contribution in [2.24, 2.45) is 7.05 Å². The fraction of sp³-hybridized carbons (Fsp3) is 0.429. The molecule has 1 aromatic heterocycles. The summed E-state index contributed by atoms with van der Waals surface area (Å²) in [4.78, 5) is 0.927. The summed E-state index contributed by atoms with van der Waals surface area (Å²) >= 11 is 5.71. The lowest BCUT2D eigenvalue weighted by Crippen LogP contribution is -2.46. The summed E-state index contributed by atoms with van der Waals surface area (Å²) in [6.45, 7) is 2.17. The zero-order valence-corrected chi connectivity index (χ0v) is 13.0. The highest BCUT2D eigenvalue weighted by Gasteiger charge is 2.38. The normalized spacial score (nSPS) is 13.9. The van der Waals surface area contributed by atoms with Crippen molar-refractivity contribution in [3.63, 3.8) is 0 Å². The number of unbranched alkanes of at least 4 members (excludes halogenated alkanes) is 1. The Hall–Kier alpha value is -1.66. The molecule has 0 radical (unpaired) electrons. The SMILES string of the molecule is CCCCC(=S)[N+](C)(c1ccccc1)c1nnnn1C. The van der Waals surface area contributed by atoms with E-state index in [1.54, 1.807) is 4.68 Å². The molecule has 20 heavy (non-hydrogen) atoms. The molecule has 0 spiro atoms. The standard InChI is InChI=1S/C14H20N5S/c1-4-5-11-13(20)19(3,12-9-7-6-8-10-12)14-15-16-17-18(14)2/h6-10H,4-5,11H2,1-3H3/q+1. The van der Waals surface area contributed by atoms with Crippen molar-refractivity contribution in [2.45, 2.75) is 26.2 Å². The number of thiocarbonyl (C=S) groups is 1. The van der Waals surface area contributed by atoms with Crippen molar-refractivity contribution in [1.82, 2.24) is 24.7 Å². The van der Waals surface area contributed by atoms with Gasteiger partial charge in [-0.3, -0.25) is 0 Å². The predicted molar refractivity (Wildman–Crippen MR) is 84.7 cm³/mol. The molecule has 6 heteroatoms. The smallest absolute Gasteiger partial charge is 0.189 e. The van der Waals surface area contributed by atoms with Crippen LogP contribution in [-0.4, -0.2) is 32.2 Å². The molecule has 0 aliphatic rings. The van der Waals surface area contributed by atoms with E-state index in [1.807, 2.05) is 25.2 Å². The number of para-hydroxylation sites is 1. The van der Waals surface area contributed by atoms with Gasteiger partial charge in [-0.25, -0.2) is 0 Å². The van der Waals surface area contributed by atoms with Crippen LogP contribution in [-0.2, 0) is 7.05 Å². The Bertz CT molecular complexity index is 580. The average molecular weight is 290 g/mol. The minimum Gasteiger partial charge on any atom is -0.189 e. The predicted octanol–water partition coefficient (Wildman–Crippen LogP) is 3.00. The van der Waals surface area contributed by atoms with Gasteiger partial charge < -0.3 is 0 Å². The minimum atomic E-state index is 0.361. The Balaban J connectivity index is 2.49. The molecule has 106 valence electrons. The molecule has 1 aromatic carbocycles. The van der Waals surface area contributed by atoms with Crippen LogP contribution in [0.25, 0.3) is 0 Å². The first-order chi connectivity index (χ1) is 9.60. The van der Waals surface area contributed by atoms with Crippen molar-refractivity contribution < 1.29 is 0 Å². The van der Waals surface area contributed by atoms with E-state index in [-0.39, 0.29) is 0 Å². The Kier molecular flexibility index (Phi) is 4.57. The Morgan fingerprint density at radius 3 is 2.55 bits per heavy atom. The molecule has 0 fully saturated rings. The maximum absolute atomic E-state index is 5.71. The van der Waals surface area contributed by atoms with Crippen molar-refractivity contribution in [3.05, 3.63) is 30.3 Å². The number of aryl methyl sites for hydroxylation is 1. The van der Waals surface area contributed by atoms with E-state index < -0.39 is 0 Å². The molecule has 1 atom stereocenters. The number of tetrazole rings is 1. The van der Waals surface area contributed by atoms with E-state index in [0.717, 1.165) is 35.9 Å². The molecule has 0 bridgehead atoms. The second-order valence-electron chi connectivity index (χ2n) is 4.94. The van der Waals surface area contributed by atoms with Gasteiger partial charge in [0.1, 0.15) is 5.69 Å². The highest BCUT2D eigenvalue weighted by Crippen LogP contribution is 2.32. The molecule has 0 N–H and O–H groups in total. The van der Waals surface area contributed by atoms with Gasteiger partial charge in [-0.2, -0.15) is 9.16 Å². The van der Waals surface area contributed by atoms with E-state index in [9.17, 15) is 0 Å². The number of aromatic nitrogens is 4. The maximum Gasteiger partial charge on any atom is 0.357 e. The van der Waals surface area contributed by atoms with Gasteiger partial charge in [-0.1, -0.05) is 36.6 Å². The van der Waals surface area contributed by atoms with Crippen LogP contribution in [0.5, 0.6) is 0 Å². The van der Waals surface area contributed by atoms with Gasteiger partial charge in [0.05, 0.1) is 7.05 Å². The molecule has 1 heterocycles. The number of rotatable bonds is 5. The fourth-order valence-corrected chi connectivity index (χ4v) is 2.58. The van der Waals surface area contributed by atoms with Crippen LogP contribution >= 0.6 is 12.2 Å². The number of benzene rings is 1. The molecular formula is C14H20N5S+. The van der Waals surface area contributed by atoms with Gasteiger partial charge in [-0.05, 0) is 29.1 Å². The molecule has 2 aromatic rings. The van der Waals surface area contributed by atoms with E-state index in [4.69, 9.17) is 12.2 Å². The molecule has 0 aliphatic heterocycles. The summed E-state index contributed by atoms with van der Waals surface area (Å²) in [6.07, 6.45) is 3.07. The van der Waals surface area contributed by atoms with E-state index >= 15 is 0 Å². The summed E-state index contributed by atoms with van der Waals surface area (Å²) in [6, 6.07) is 10.1. The quantitative estimate of drug-likeness (QED) is 0.627. The molecule has 0 saturated carbocycles. The van der Waals surface area contributed by atoms with Gasteiger partial charge in [0.25, 0.3) is 0 Å². The molecule has 0 amide bonds. The van der Waals surface area contributed by atoms with E-state index in [1.165, 1.54) is 0 Å². The number of quaternary nitrogens is 1. The highest BCUT2D eigenvalue weighted by molar-refractivity contribution is 7.80. The first kappa shape index (κ1) is 14.7. The maximum atomic E-state index is 5.71. The monoisotopic (exact) mass is 290 g/mol. The first-order valence-electron chi connectivity index (χ1n) is 6.79. The van der Waals surface area contributed by atoms with Gasteiger partial charge in [0.15, 0.2) is 4.99 Å². The van der Waals surface area contributed by atoms with Crippen molar-refractivity contribution in [1.29, 1.82) is 0 Å². The number of nitrogens with zero attached hydrogens (tertiary/aromatic N) is 5. The van der Waals surface area contributed by atoms with Crippen LogP contribution in [0.1, 0.15) is 26.2 Å². The first-order valence-corrected chi connectivity index (χ1v) is 7.20. The Morgan fingerprint density at radius 1 is 1.30 bits per heavy atom. The van der Waals surface area contributed by atoms with Gasteiger partial charge in [0, 0.05) is 25.6 Å². The van der Waals surface area contributed by atoms with Crippen molar-refractivity contribution in [2.75, 3.05) is 7.05 Å². The lowest BCUT2D eigenvalue weighted by molar-refractivity contribution is 0.573. The minimum absolute atomic E-state index is 0.361. The summed E-state index contributed by atoms with van der Waals surface area (Å²) in [5.74, 6) is 0.734. The second kappa shape index (κ2) is 6.19. The summed E-state index contributed by atoms with van der Waals surface area (Å²) in [5.41, 5.74) is 1.08. The fourth-order valence-electron chi connectivity index (χ4n) is 2.25. The second-order valence-corrected chi connectivity index (χ2v) is 5.41. The van der Waals surface area contributed by atoms with Crippen LogP contribution in [0.3, 0.4) is 0 Å². The average Bonchev–Trinajstić information content (AvgIpc) is 2.91. The van der Waals surface area contributed by atoms with Crippen molar-refractivity contribution in [3.8, 4) is 0 Å². The van der Waals surface area contributed by atoms with Crippen molar-refractivity contribution >= 4 is 28.8 Å². The Labute approximate surface area is 124 Å². The topological polar surface area (TPSA) is 43.6 Å². The number of hydrogen-bond acceptors (Lipinski definition) is 4. The zero-order valence-electron chi connectivity index (χ0n) is 12.2. The molecule has 1 unspecified atom stereocenters. The summed E-state index contributed by atoms with van der Waals surface area (Å²) < 4.78 is 2.05. The molecule has 0 aliphatic carbocycles. The molecular weight excluding hydrogens is 270 g/mol. The lowest BCUT2D eigenvalue weighted by atomic mass is 10.2. The van der Waals surface area contributed by atoms with Crippen LogP contribution < -0.4 is 4.48 Å². The largest absolute Gasteiger partial charge is 0.357 e. The van der Waals surface area contributed by atoms with Crippen LogP contribution in [0.4, 0.5) is 11.6 Å². The van der Waals surface area contributed by atoms with Crippen LogP contribution in [0.2, 0.25) is 0 Å². The van der Waals surface area contributed by atoms with E-state index in [0.29, 0.717) is 4.48 Å². The Morgan fingerprint density at radius 2 is 2.00 bits per heavy atom.